The molecule has 1 rings (SSSR count). The molecule has 0 aromatic carbocycles. The summed E-state index contributed by atoms with van der Waals surface area (Å²) in [6.45, 7) is 6.49. The highest BCUT2D eigenvalue weighted by atomic mass is 16.3. The van der Waals surface area contributed by atoms with Gasteiger partial charge in [0.05, 0.1) is 0 Å². The van der Waals surface area contributed by atoms with Crippen molar-refractivity contribution in [1.82, 2.24) is 0 Å². The molecule has 0 saturated heterocycles. The van der Waals surface area contributed by atoms with E-state index in [1.165, 1.54) is 6.42 Å². The van der Waals surface area contributed by atoms with Gasteiger partial charge in [-0.05, 0) is 24.7 Å². The summed E-state index contributed by atoms with van der Waals surface area (Å²) in [4.78, 5) is 11.2. The van der Waals surface area contributed by atoms with E-state index in [1.807, 2.05) is 0 Å². The fraction of sp³-hybridized carbons (Fsp3) is 0.786. The van der Waals surface area contributed by atoms with Gasteiger partial charge in [0, 0.05) is 12.3 Å². The molecule has 0 spiro atoms. The smallest absolute Gasteiger partial charge is 0.200 e. The van der Waals surface area contributed by atoms with Gasteiger partial charge in [-0.25, -0.2) is 0 Å². The third kappa shape index (κ3) is 3.76. The quantitative estimate of drug-likeness (QED) is 0.769. The number of aliphatic hydroxyl groups is 2. The van der Waals surface area contributed by atoms with Crippen LogP contribution in [0.5, 0.6) is 0 Å². The number of hydrogen-bond donors (Lipinski definition) is 2. The first-order chi connectivity index (χ1) is 7.93. The number of hydrogen-bond acceptors (Lipinski definition) is 3. The molecular weight excluding hydrogens is 216 g/mol. The highest BCUT2D eigenvalue weighted by Gasteiger charge is 2.31. The first kappa shape index (κ1) is 14.1. The number of carbonyl (C=O) groups excluding carboxylic acids is 1. The first-order valence-corrected chi connectivity index (χ1v) is 6.58. The van der Waals surface area contributed by atoms with Crippen LogP contribution in [-0.4, -0.2) is 16.0 Å². The van der Waals surface area contributed by atoms with Gasteiger partial charge in [-0.3, -0.25) is 4.79 Å². The lowest BCUT2D eigenvalue weighted by molar-refractivity contribution is -0.119. The van der Waals surface area contributed by atoms with Crippen LogP contribution in [0.15, 0.2) is 11.5 Å². The molecule has 2 N–H and O–H groups in total. The van der Waals surface area contributed by atoms with E-state index in [9.17, 15) is 15.0 Å². The van der Waals surface area contributed by atoms with Gasteiger partial charge in [-0.1, -0.05) is 33.6 Å². The molecule has 0 saturated carbocycles. The summed E-state index contributed by atoms with van der Waals surface area (Å²) < 4.78 is 0. The van der Waals surface area contributed by atoms with Crippen molar-refractivity contribution >= 4 is 5.78 Å². The fourth-order valence-electron chi connectivity index (χ4n) is 2.46. The first-order valence-electron chi connectivity index (χ1n) is 6.58. The summed E-state index contributed by atoms with van der Waals surface area (Å²) in [5, 5.41) is 19.3. The molecule has 1 aliphatic carbocycles. The maximum Gasteiger partial charge on any atom is 0.200 e. The van der Waals surface area contributed by atoms with Gasteiger partial charge in [0.1, 0.15) is 5.76 Å². The lowest BCUT2D eigenvalue weighted by atomic mass is 9.80. The minimum absolute atomic E-state index is 0.0418. The summed E-state index contributed by atoms with van der Waals surface area (Å²) in [6.07, 6.45) is 4.38. The molecule has 0 radical (unpaired) electrons. The molecule has 0 aliphatic heterocycles. The van der Waals surface area contributed by atoms with E-state index in [1.54, 1.807) is 0 Å². The van der Waals surface area contributed by atoms with Crippen molar-refractivity contribution in [2.75, 3.05) is 0 Å². The molecule has 0 aromatic rings. The Labute approximate surface area is 104 Å². The number of ketones is 1. The Bertz CT molecular complexity index is 305. The van der Waals surface area contributed by atoms with E-state index in [0.29, 0.717) is 24.7 Å². The molecule has 2 unspecified atom stereocenters. The van der Waals surface area contributed by atoms with Gasteiger partial charge in [0.25, 0.3) is 0 Å². The second-order valence-corrected chi connectivity index (χ2v) is 5.60. The van der Waals surface area contributed by atoms with Crippen molar-refractivity contribution in [3.8, 4) is 0 Å². The van der Waals surface area contributed by atoms with Gasteiger partial charge >= 0.3 is 0 Å². The third-order valence-corrected chi connectivity index (χ3v) is 3.67. The van der Waals surface area contributed by atoms with Crippen LogP contribution in [0.2, 0.25) is 0 Å². The number of allylic oxidation sites excluding steroid dienone is 2. The second kappa shape index (κ2) is 6.08. The lowest BCUT2D eigenvalue weighted by Crippen LogP contribution is -2.24. The number of Topliss-reactive ketones (excluding diaryl/α,β-unsaturated/α-hetero) is 1. The van der Waals surface area contributed by atoms with E-state index >= 15 is 0 Å². The molecule has 98 valence electrons. The van der Waals surface area contributed by atoms with E-state index in [0.717, 1.165) is 12.8 Å². The Hall–Kier alpha value is -0.990. The number of aliphatic hydroxyl groups excluding tert-OH is 2. The van der Waals surface area contributed by atoms with Crippen LogP contribution in [0.3, 0.4) is 0 Å². The maximum absolute atomic E-state index is 11.2. The average molecular weight is 240 g/mol. The molecule has 0 bridgehead atoms. The minimum Gasteiger partial charge on any atom is -0.508 e. The monoisotopic (exact) mass is 240 g/mol. The lowest BCUT2D eigenvalue weighted by Gasteiger charge is -2.27. The Morgan fingerprint density at radius 1 is 1.24 bits per heavy atom. The zero-order valence-electron chi connectivity index (χ0n) is 11.1. The molecule has 0 fully saturated rings. The highest BCUT2D eigenvalue weighted by molar-refractivity contribution is 5.94. The van der Waals surface area contributed by atoms with Crippen molar-refractivity contribution in [3.63, 3.8) is 0 Å². The van der Waals surface area contributed by atoms with Crippen LogP contribution in [0, 0.1) is 17.8 Å². The van der Waals surface area contributed by atoms with Crippen LogP contribution < -0.4 is 0 Å². The van der Waals surface area contributed by atoms with Gasteiger partial charge < -0.3 is 10.2 Å². The molecule has 17 heavy (non-hydrogen) atoms. The van der Waals surface area contributed by atoms with Crippen molar-refractivity contribution in [1.29, 1.82) is 0 Å². The van der Waals surface area contributed by atoms with Crippen molar-refractivity contribution < 1.29 is 15.0 Å². The Morgan fingerprint density at radius 3 is 2.47 bits per heavy atom. The fourth-order valence-corrected chi connectivity index (χ4v) is 2.46. The third-order valence-electron chi connectivity index (χ3n) is 3.67. The molecule has 3 heteroatoms. The molecule has 1 aliphatic rings. The zero-order valence-corrected chi connectivity index (χ0v) is 11.1. The van der Waals surface area contributed by atoms with Gasteiger partial charge in [-0.15, -0.1) is 0 Å². The van der Waals surface area contributed by atoms with E-state index in [4.69, 9.17) is 0 Å². The average Bonchev–Trinajstić information content (AvgIpc) is 2.25. The van der Waals surface area contributed by atoms with E-state index < -0.39 is 5.76 Å². The SMILES string of the molecule is CC(C)CCCC(C)C1CCC(=O)C(O)=C1O. The van der Waals surface area contributed by atoms with Gasteiger partial charge in [0.2, 0.25) is 5.78 Å². The molecule has 0 amide bonds. The van der Waals surface area contributed by atoms with Crippen molar-refractivity contribution in [2.45, 2.75) is 52.9 Å². The summed E-state index contributed by atoms with van der Waals surface area (Å²) in [5.74, 6) is 0.167. The Morgan fingerprint density at radius 2 is 1.88 bits per heavy atom. The second-order valence-electron chi connectivity index (χ2n) is 5.60. The van der Waals surface area contributed by atoms with Crippen LogP contribution in [0.4, 0.5) is 0 Å². The number of carbonyl (C=O) groups is 1. The standard InChI is InChI=1S/C14H24O3/c1-9(2)5-4-6-10(3)11-7-8-12(15)14(17)13(11)16/h9-11,16-17H,4-8H2,1-3H3. The number of rotatable bonds is 5. The maximum atomic E-state index is 11.2. The molecule has 2 atom stereocenters. The van der Waals surface area contributed by atoms with Crippen LogP contribution in [0.1, 0.15) is 52.9 Å². The Kier molecular flexibility index (Phi) is 5.03. The largest absolute Gasteiger partial charge is 0.508 e. The van der Waals surface area contributed by atoms with Crippen LogP contribution in [0.25, 0.3) is 0 Å². The van der Waals surface area contributed by atoms with E-state index in [-0.39, 0.29) is 17.5 Å². The van der Waals surface area contributed by atoms with Crippen LogP contribution >= 0.6 is 0 Å². The predicted molar refractivity (Wildman–Crippen MR) is 67.9 cm³/mol. The zero-order chi connectivity index (χ0) is 13.0. The highest BCUT2D eigenvalue weighted by Crippen LogP contribution is 2.33. The van der Waals surface area contributed by atoms with Gasteiger partial charge in [-0.2, -0.15) is 0 Å². The van der Waals surface area contributed by atoms with Gasteiger partial charge in [0.15, 0.2) is 5.76 Å². The molecule has 0 heterocycles. The molecule has 0 aromatic heterocycles. The summed E-state index contributed by atoms with van der Waals surface area (Å²) >= 11 is 0. The van der Waals surface area contributed by atoms with Crippen molar-refractivity contribution in [2.24, 2.45) is 17.8 Å². The topological polar surface area (TPSA) is 57.5 Å². The van der Waals surface area contributed by atoms with Crippen LogP contribution in [-0.2, 0) is 4.79 Å². The summed E-state index contributed by atoms with van der Waals surface area (Å²) in [6, 6.07) is 0. The predicted octanol–water partition coefficient (Wildman–Crippen LogP) is 3.76. The minimum atomic E-state index is -0.406. The summed E-state index contributed by atoms with van der Waals surface area (Å²) in [5.41, 5.74) is 0. The normalized spacial score (nSPS) is 23.3. The Balaban J connectivity index is 2.52. The molecule has 3 nitrogen and oxygen atoms in total. The molecular formula is C14H24O3. The summed E-state index contributed by atoms with van der Waals surface area (Å²) in [7, 11) is 0. The van der Waals surface area contributed by atoms with Crippen molar-refractivity contribution in [3.05, 3.63) is 11.5 Å². The van der Waals surface area contributed by atoms with E-state index in [2.05, 4.69) is 20.8 Å².